The molecule has 0 fully saturated rings. The summed E-state index contributed by atoms with van der Waals surface area (Å²) in [7, 11) is 1.29. The lowest BCUT2D eigenvalue weighted by Crippen LogP contribution is -2.03. The number of carbonyl (C=O) groups excluding carboxylic acids is 1. The first-order valence-corrected chi connectivity index (χ1v) is 5.66. The van der Waals surface area contributed by atoms with Crippen LogP contribution >= 0.6 is 0 Å². The van der Waals surface area contributed by atoms with Crippen molar-refractivity contribution in [1.82, 2.24) is 0 Å². The number of methoxy groups -OCH3 is 1. The van der Waals surface area contributed by atoms with Gasteiger partial charge in [-0.05, 0) is 22.4 Å². The van der Waals surface area contributed by atoms with Crippen LogP contribution in [0.15, 0.2) is 48.5 Å². The summed E-state index contributed by atoms with van der Waals surface area (Å²) in [5.74, 6) is 0. The summed E-state index contributed by atoms with van der Waals surface area (Å²) in [6.07, 6.45) is 3.06. The van der Waals surface area contributed by atoms with E-state index in [1.807, 2.05) is 30.3 Å². The van der Waals surface area contributed by atoms with Crippen molar-refractivity contribution in [3.05, 3.63) is 54.1 Å². The van der Waals surface area contributed by atoms with Crippen LogP contribution in [-0.4, -0.2) is 19.9 Å². The maximum atomic E-state index is 10.8. The van der Waals surface area contributed by atoms with Crippen LogP contribution in [0.25, 0.3) is 16.8 Å². The second kappa shape index (κ2) is 5.87. The van der Waals surface area contributed by atoms with E-state index in [0.717, 1.165) is 5.56 Å². The van der Waals surface area contributed by atoms with Gasteiger partial charge < -0.3 is 9.47 Å². The summed E-state index contributed by atoms with van der Waals surface area (Å²) in [5.41, 5.74) is 1.10. The minimum atomic E-state index is -0.669. The van der Waals surface area contributed by atoms with Crippen LogP contribution in [0.2, 0.25) is 0 Å². The van der Waals surface area contributed by atoms with E-state index in [9.17, 15) is 4.79 Å². The molecule has 0 aliphatic carbocycles. The number of hydrogen-bond acceptors (Lipinski definition) is 3. The number of ether oxygens (including phenoxy) is 2. The summed E-state index contributed by atoms with van der Waals surface area (Å²) < 4.78 is 9.15. The monoisotopic (exact) mass is 242 g/mol. The molecule has 3 nitrogen and oxygen atoms in total. The third-order valence-corrected chi connectivity index (χ3v) is 2.58. The van der Waals surface area contributed by atoms with E-state index in [-0.39, 0.29) is 6.61 Å². The summed E-state index contributed by atoms with van der Waals surface area (Å²) >= 11 is 0. The fraction of sp³-hybridized carbons (Fsp3) is 0.133. The molecule has 2 aromatic rings. The van der Waals surface area contributed by atoms with Gasteiger partial charge in [0.05, 0.1) is 7.11 Å². The first-order chi connectivity index (χ1) is 8.81. The van der Waals surface area contributed by atoms with Gasteiger partial charge >= 0.3 is 6.16 Å². The Balaban J connectivity index is 2.12. The van der Waals surface area contributed by atoms with Crippen LogP contribution in [0.1, 0.15) is 5.56 Å². The molecule has 0 spiro atoms. The van der Waals surface area contributed by atoms with E-state index < -0.39 is 6.16 Å². The van der Waals surface area contributed by atoms with Gasteiger partial charge in [0.1, 0.15) is 6.61 Å². The molecule has 3 heteroatoms. The Kier molecular flexibility index (Phi) is 3.97. The number of rotatable bonds is 3. The van der Waals surface area contributed by atoms with E-state index in [0.29, 0.717) is 0 Å². The maximum Gasteiger partial charge on any atom is 0.508 e. The van der Waals surface area contributed by atoms with Gasteiger partial charge in [-0.1, -0.05) is 48.5 Å². The van der Waals surface area contributed by atoms with Gasteiger partial charge in [0.2, 0.25) is 0 Å². The lowest BCUT2D eigenvalue weighted by atomic mass is 10.0. The molecule has 0 unspecified atom stereocenters. The fourth-order valence-electron chi connectivity index (χ4n) is 1.75. The Hall–Kier alpha value is -2.29. The Morgan fingerprint density at radius 3 is 2.78 bits per heavy atom. The standard InChI is InChI=1S/C15H14O3/c1-17-15(16)18-11-5-9-13-8-4-7-12-6-2-3-10-14(12)13/h2-10H,11H2,1H3/b9-5+. The molecule has 0 saturated heterocycles. The van der Waals surface area contributed by atoms with E-state index in [4.69, 9.17) is 4.74 Å². The van der Waals surface area contributed by atoms with Crippen molar-refractivity contribution in [1.29, 1.82) is 0 Å². The van der Waals surface area contributed by atoms with E-state index in [2.05, 4.69) is 22.9 Å². The highest BCUT2D eigenvalue weighted by Gasteiger charge is 1.98. The Morgan fingerprint density at radius 2 is 1.94 bits per heavy atom. The average molecular weight is 242 g/mol. The van der Waals surface area contributed by atoms with E-state index in [1.165, 1.54) is 17.9 Å². The van der Waals surface area contributed by atoms with Crippen molar-refractivity contribution in [3.63, 3.8) is 0 Å². The molecule has 0 N–H and O–H groups in total. The zero-order valence-electron chi connectivity index (χ0n) is 10.1. The van der Waals surface area contributed by atoms with Crippen LogP contribution in [0.3, 0.4) is 0 Å². The van der Waals surface area contributed by atoms with Crippen molar-refractivity contribution < 1.29 is 14.3 Å². The number of carbonyl (C=O) groups is 1. The predicted octanol–water partition coefficient (Wildman–Crippen LogP) is 3.64. The largest absolute Gasteiger partial charge is 0.508 e. The highest BCUT2D eigenvalue weighted by molar-refractivity contribution is 5.90. The Morgan fingerprint density at radius 1 is 1.17 bits per heavy atom. The molecule has 0 radical (unpaired) electrons. The number of fused-ring (bicyclic) bond motifs is 1. The van der Waals surface area contributed by atoms with Crippen molar-refractivity contribution in [2.75, 3.05) is 13.7 Å². The molecule has 0 bridgehead atoms. The molecule has 0 aliphatic heterocycles. The number of benzene rings is 2. The van der Waals surface area contributed by atoms with Gasteiger partial charge in [-0.15, -0.1) is 0 Å². The van der Waals surface area contributed by atoms with Crippen LogP contribution in [-0.2, 0) is 9.47 Å². The second-order valence-corrected chi connectivity index (χ2v) is 3.74. The zero-order chi connectivity index (χ0) is 12.8. The lowest BCUT2D eigenvalue weighted by molar-refractivity contribution is 0.0819. The molecular formula is C15H14O3. The first kappa shape index (κ1) is 12.2. The van der Waals surface area contributed by atoms with Crippen LogP contribution < -0.4 is 0 Å². The summed E-state index contributed by atoms with van der Waals surface area (Å²) in [6.45, 7) is 0.204. The third kappa shape index (κ3) is 2.88. The van der Waals surface area contributed by atoms with Gasteiger partial charge in [0.25, 0.3) is 0 Å². The second-order valence-electron chi connectivity index (χ2n) is 3.74. The van der Waals surface area contributed by atoms with Crippen molar-refractivity contribution >= 4 is 23.0 Å². The molecule has 0 atom stereocenters. The summed E-state index contributed by atoms with van der Waals surface area (Å²) in [5, 5.41) is 2.36. The smallest absolute Gasteiger partial charge is 0.438 e. The SMILES string of the molecule is COC(=O)OC/C=C/c1cccc2ccccc12. The van der Waals surface area contributed by atoms with Crippen LogP contribution in [0.4, 0.5) is 4.79 Å². The van der Waals surface area contributed by atoms with Crippen molar-refractivity contribution in [2.45, 2.75) is 0 Å². The molecule has 0 heterocycles. The van der Waals surface area contributed by atoms with E-state index in [1.54, 1.807) is 6.08 Å². The van der Waals surface area contributed by atoms with Crippen molar-refractivity contribution in [2.24, 2.45) is 0 Å². The van der Waals surface area contributed by atoms with E-state index >= 15 is 0 Å². The molecule has 2 rings (SSSR count). The quantitative estimate of drug-likeness (QED) is 0.771. The van der Waals surface area contributed by atoms with Crippen LogP contribution in [0, 0.1) is 0 Å². The minimum Gasteiger partial charge on any atom is -0.438 e. The Labute approximate surface area is 106 Å². The third-order valence-electron chi connectivity index (χ3n) is 2.58. The topological polar surface area (TPSA) is 35.5 Å². The molecule has 0 aliphatic rings. The molecular weight excluding hydrogens is 228 g/mol. The lowest BCUT2D eigenvalue weighted by Gasteiger charge is -2.02. The molecule has 0 aromatic heterocycles. The molecule has 0 saturated carbocycles. The highest BCUT2D eigenvalue weighted by Crippen LogP contribution is 2.19. The maximum absolute atomic E-state index is 10.8. The molecule has 0 amide bonds. The molecule has 2 aromatic carbocycles. The zero-order valence-corrected chi connectivity index (χ0v) is 10.1. The van der Waals surface area contributed by atoms with Gasteiger partial charge in [-0.25, -0.2) is 4.79 Å². The van der Waals surface area contributed by atoms with Gasteiger partial charge in [-0.2, -0.15) is 0 Å². The minimum absolute atomic E-state index is 0.204. The molecule has 18 heavy (non-hydrogen) atoms. The average Bonchev–Trinajstić information content (AvgIpc) is 2.43. The summed E-state index contributed by atoms with van der Waals surface area (Å²) in [6, 6.07) is 14.2. The highest BCUT2D eigenvalue weighted by atomic mass is 16.7. The van der Waals surface area contributed by atoms with Gasteiger partial charge in [0, 0.05) is 0 Å². The summed E-state index contributed by atoms with van der Waals surface area (Å²) in [4.78, 5) is 10.8. The van der Waals surface area contributed by atoms with Gasteiger partial charge in [0.15, 0.2) is 0 Å². The fourth-order valence-corrected chi connectivity index (χ4v) is 1.75. The normalized spacial score (nSPS) is 10.7. The number of hydrogen-bond donors (Lipinski definition) is 0. The molecule has 92 valence electrons. The Bertz CT molecular complexity index is 567. The first-order valence-electron chi connectivity index (χ1n) is 5.66. The van der Waals surface area contributed by atoms with Crippen LogP contribution in [0.5, 0.6) is 0 Å². The van der Waals surface area contributed by atoms with Crippen molar-refractivity contribution in [3.8, 4) is 0 Å². The van der Waals surface area contributed by atoms with Gasteiger partial charge in [-0.3, -0.25) is 0 Å². The predicted molar refractivity (Wildman–Crippen MR) is 71.3 cm³/mol.